The summed E-state index contributed by atoms with van der Waals surface area (Å²) in [4.78, 5) is 38.7. The third kappa shape index (κ3) is 2.11. The molecule has 0 aromatic carbocycles. The topological polar surface area (TPSA) is 81.1 Å². The lowest BCUT2D eigenvalue weighted by Crippen LogP contribution is -2.45. The van der Waals surface area contributed by atoms with Gasteiger partial charge in [-0.3, -0.25) is 24.3 Å². The SMILES string of the molecule is Cc1cc(=O)n(C2CCC(=O)NC2=O)c(C)n1. The van der Waals surface area contributed by atoms with Crippen molar-refractivity contribution in [3.63, 3.8) is 0 Å². The molecule has 1 unspecified atom stereocenters. The second-order valence-electron chi connectivity index (χ2n) is 4.12. The Morgan fingerprint density at radius 1 is 1.35 bits per heavy atom. The average Bonchev–Trinajstić information content (AvgIpc) is 2.19. The number of hydrogen-bond acceptors (Lipinski definition) is 4. The minimum atomic E-state index is -0.631. The predicted molar refractivity (Wildman–Crippen MR) is 59.4 cm³/mol. The van der Waals surface area contributed by atoms with E-state index in [1.54, 1.807) is 13.8 Å². The van der Waals surface area contributed by atoms with E-state index < -0.39 is 11.9 Å². The van der Waals surface area contributed by atoms with Crippen LogP contribution in [0.4, 0.5) is 0 Å². The molecule has 6 nitrogen and oxygen atoms in total. The van der Waals surface area contributed by atoms with Crippen molar-refractivity contribution in [2.45, 2.75) is 32.7 Å². The third-order valence-electron chi connectivity index (χ3n) is 2.78. The van der Waals surface area contributed by atoms with E-state index in [2.05, 4.69) is 10.3 Å². The number of aryl methyl sites for hydroxylation is 2. The number of hydrogen-bond donors (Lipinski definition) is 1. The van der Waals surface area contributed by atoms with Gasteiger partial charge in [-0.1, -0.05) is 0 Å². The van der Waals surface area contributed by atoms with Crippen molar-refractivity contribution >= 4 is 11.8 Å². The quantitative estimate of drug-likeness (QED) is 0.686. The maximum atomic E-state index is 11.8. The summed E-state index contributed by atoms with van der Waals surface area (Å²) in [7, 11) is 0. The monoisotopic (exact) mass is 235 g/mol. The summed E-state index contributed by atoms with van der Waals surface area (Å²) in [6.07, 6.45) is 0.590. The molecule has 2 rings (SSSR count). The number of aromatic nitrogens is 2. The van der Waals surface area contributed by atoms with Gasteiger partial charge in [0.2, 0.25) is 11.8 Å². The van der Waals surface area contributed by atoms with E-state index in [1.807, 2.05) is 0 Å². The summed E-state index contributed by atoms with van der Waals surface area (Å²) in [5.74, 6) is -0.237. The zero-order valence-corrected chi connectivity index (χ0v) is 9.69. The zero-order valence-electron chi connectivity index (χ0n) is 9.69. The van der Waals surface area contributed by atoms with Crippen LogP contribution in [0, 0.1) is 13.8 Å². The molecule has 0 spiro atoms. The van der Waals surface area contributed by atoms with Crippen molar-refractivity contribution in [3.05, 3.63) is 27.9 Å². The molecule has 1 N–H and O–H groups in total. The highest BCUT2D eigenvalue weighted by atomic mass is 16.2. The van der Waals surface area contributed by atoms with Crippen molar-refractivity contribution in [1.29, 1.82) is 0 Å². The number of imide groups is 1. The van der Waals surface area contributed by atoms with Gasteiger partial charge in [0.1, 0.15) is 11.9 Å². The van der Waals surface area contributed by atoms with E-state index in [9.17, 15) is 14.4 Å². The van der Waals surface area contributed by atoms with Gasteiger partial charge >= 0.3 is 0 Å². The molecule has 1 atom stereocenters. The Kier molecular flexibility index (Phi) is 2.79. The Hall–Kier alpha value is -1.98. The van der Waals surface area contributed by atoms with Gasteiger partial charge in [0.25, 0.3) is 5.56 Å². The van der Waals surface area contributed by atoms with E-state index in [1.165, 1.54) is 10.6 Å². The largest absolute Gasteiger partial charge is 0.295 e. The molecular weight excluding hydrogens is 222 g/mol. The second kappa shape index (κ2) is 4.12. The van der Waals surface area contributed by atoms with Gasteiger partial charge in [-0.2, -0.15) is 0 Å². The predicted octanol–water partition coefficient (Wildman–Crippen LogP) is -0.162. The molecule has 1 aliphatic rings. The van der Waals surface area contributed by atoms with Gasteiger partial charge in [0.15, 0.2) is 0 Å². The minimum Gasteiger partial charge on any atom is -0.295 e. The summed E-state index contributed by atoms with van der Waals surface area (Å²) >= 11 is 0. The second-order valence-corrected chi connectivity index (χ2v) is 4.12. The first kappa shape index (κ1) is 11.5. The van der Waals surface area contributed by atoms with Crippen LogP contribution in [0.25, 0.3) is 0 Å². The molecule has 0 bridgehead atoms. The number of carbonyl (C=O) groups is 2. The van der Waals surface area contributed by atoms with Gasteiger partial charge in [0.05, 0.1) is 0 Å². The molecule has 1 aromatic rings. The molecular formula is C11H13N3O3. The normalized spacial score (nSPS) is 20.2. The fraction of sp³-hybridized carbons (Fsp3) is 0.455. The van der Waals surface area contributed by atoms with Crippen LogP contribution >= 0.6 is 0 Å². The first-order valence-electron chi connectivity index (χ1n) is 5.39. The highest BCUT2D eigenvalue weighted by molar-refractivity contribution is 5.99. The molecule has 1 saturated heterocycles. The number of nitrogens with zero attached hydrogens (tertiary/aromatic N) is 2. The summed E-state index contributed by atoms with van der Waals surface area (Å²) in [5.41, 5.74) is 0.362. The van der Waals surface area contributed by atoms with Gasteiger partial charge in [-0.25, -0.2) is 4.98 Å². The van der Waals surface area contributed by atoms with E-state index in [-0.39, 0.29) is 17.9 Å². The van der Waals surface area contributed by atoms with Crippen LogP contribution in [0.3, 0.4) is 0 Å². The molecule has 17 heavy (non-hydrogen) atoms. The zero-order chi connectivity index (χ0) is 12.6. The Bertz CT molecular complexity index is 547. The van der Waals surface area contributed by atoms with E-state index in [0.29, 0.717) is 17.9 Å². The Balaban J connectivity index is 2.44. The lowest BCUT2D eigenvalue weighted by molar-refractivity contribution is -0.135. The van der Waals surface area contributed by atoms with Gasteiger partial charge < -0.3 is 0 Å². The van der Waals surface area contributed by atoms with Crippen molar-refractivity contribution < 1.29 is 9.59 Å². The summed E-state index contributed by atoms with van der Waals surface area (Å²) < 4.78 is 1.34. The molecule has 1 fully saturated rings. The Morgan fingerprint density at radius 3 is 2.65 bits per heavy atom. The van der Waals surface area contributed by atoms with Crippen molar-refractivity contribution in [2.75, 3.05) is 0 Å². The van der Waals surface area contributed by atoms with E-state index in [0.717, 1.165) is 0 Å². The number of amides is 2. The fourth-order valence-corrected chi connectivity index (χ4v) is 2.06. The number of piperidine rings is 1. The van der Waals surface area contributed by atoms with Gasteiger partial charge in [-0.05, 0) is 20.3 Å². The summed E-state index contributed by atoms with van der Waals surface area (Å²) in [6.45, 7) is 3.40. The molecule has 6 heteroatoms. The van der Waals surface area contributed by atoms with Crippen molar-refractivity contribution in [1.82, 2.24) is 14.9 Å². The fourth-order valence-electron chi connectivity index (χ4n) is 2.06. The third-order valence-corrected chi connectivity index (χ3v) is 2.78. The first-order valence-corrected chi connectivity index (χ1v) is 5.39. The number of carbonyl (C=O) groups excluding carboxylic acids is 2. The maximum absolute atomic E-state index is 11.8. The molecule has 2 amide bonds. The minimum absolute atomic E-state index is 0.246. The van der Waals surface area contributed by atoms with Crippen molar-refractivity contribution in [3.8, 4) is 0 Å². The summed E-state index contributed by atoms with van der Waals surface area (Å²) in [5, 5.41) is 2.23. The molecule has 1 aliphatic heterocycles. The van der Waals surface area contributed by atoms with Crippen LogP contribution < -0.4 is 10.9 Å². The highest BCUT2D eigenvalue weighted by Gasteiger charge is 2.29. The van der Waals surface area contributed by atoms with Gasteiger partial charge in [-0.15, -0.1) is 0 Å². The average molecular weight is 235 g/mol. The van der Waals surface area contributed by atoms with Crippen LogP contribution in [-0.4, -0.2) is 21.4 Å². The van der Waals surface area contributed by atoms with Crippen LogP contribution in [-0.2, 0) is 9.59 Å². The smallest absolute Gasteiger partial charge is 0.254 e. The maximum Gasteiger partial charge on any atom is 0.254 e. The highest BCUT2D eigenvalue weighted by Crippen LogP contribution is 2.17. The Labute approximate surface area is 97.7 Å². The molecule has 0 saturated carbocycles. The lowest BCUT2D eigenvalue weighted by Gasteiger charge is -2.24. The molecule has 1 aromatic heterocycles. The van der Waals surface area contributed by atoms with Crippen LogP contribution in [0.2, 0.25) is 0 Å². The number of rotatable bonds is 1. The van der Waals surface area contributed by atoms with Crippen LogP contribution in [0.15, 0.2) is 10.9 Å². The molecule has 2 heterocycles. The summed E-state index contributed by atoms with van der Waals surface area (Å²) in [6, 6.07) is 0.754. The van der Waals surface area contributed by atoms with E-state index >= 15 is 0 Å². The number of nitrogens with one attached hydrogen (secondary N) is 1. The molecule has 90 valence electrons. The van der Waals surface area contributed by atoms with Gasteiger partial charge in [0, 0.05) is 18.2 Å². The standard InChI is InChI=1S/C11H13N3O3/c1-6-5-10(16)14(7(2)12-6)8-3-4-9(15)13-11(8)17/h5,8H,3-4H2,1-2H3,(H,13,15,17). The Morgan fingerprint density at radius 2 is 2.06 bits per heavy atom. The van der Waals surface area contributed by atoms with Crippen LogP contribution in [0.1, 0.15) is 30.4 Å². The first-order chi connectivity index (χ1) is 7.99. The lowest BCUT2D eigenvalue weighted by atomic mass is 10.1. The molecule has 0 aliphatic carbocycles. The molecule has 0 radical (unpaired) electrons. The van der Waals surface area contributed by atoms with E-state index in [4.69, 9.17) is 0 Å². The van der Waals surface area contributed by atoms with Crippen LogP contribution in [0.5, 0.6) is 0 Å². The van der Waals surface area contributed by atoms with Crippen molar-refractivity contribution in [2.24, 2.45) is 0 Å².